The average molecular weight is 303 g/mol. The van der Waals surface area contributed by atoms with E-state index in [-0.39, 0.29) is 10.6 Å². The van der Waals surface area contributed by atoms with Crippen LogP contribution in [0.5, 0.6) is 0 Å². The first-order chi connectivity index (χ1) is 9.40. The Bertz CT molecular complexity index is 665. The van der Waals surface area contributed by atoms with Gasteiger partial charge in [-0.15, -0.1) is 0 Å². The van der Waals surface area contributed by atoms with Crippen LogP contribution in [0.15, 0.2) is 30.3 Å². The van der Waals surface area contributed by atoms with E-state index in [1.54, 1.807) is 0 Å². The molecule has 0 unspecified atom stereocenters. The molecule has 0 saturated heterocycles. The van der Waals surface area contributed by atoms with Gasteiger partial charge in [0.05, 0.1) is 5.02 Å². The lowest BCUT2D eigenvalue weighted by Gasteiger charge is -2.06. The van der Waals surface area contributed by atoms with E-state index < -0.39 is 41.0 Å². The minimum absolute atomic E-state index is 0.314. The molecule has 2 rings (SSSR count). The number of hydrogen-bond acceptors (Lipinski definition) is 1. The van der Waals surface area contributed by atoms with Crippen molar-refractivity contribution in [3.8, 4) is 0 Å². The van der Waals surface area contributed by atoms with Crippen LogP contribution >= 0.6 is 11.6 Å². The molecule has 0 atom stereocenters. The van der Waals surface area contributed by atoms with E-state index in [1.807, 2.05) is 0 Å². The minimum Gasteiger partial charge on any atom is -0.294 e. The van der Waals surface area contributed by atoms with Crippen LogP contribution in [0.25, 0.3) is 0 Å². The first-order valence-electron chi connectivity index (χ1n) is 5.50. The van der Waals surface area contributed by atoms with Crippen molar-refractivity contribution in [3.05, 3.63) is 69.8 Å². The van der Waals surface area contributed by atoms with Crippen molar-refractivity contribution in [1.82, 2.24) is 0 Å². The lowest BCUT2D eigenvalue weighted by molar-refractivity contribution is 0.0990. The highest BCUT2D eigenvalue weighted by Gasteiger charge is 2.18. The largest absolute Gasteiger partial charge is 0.294 e. The van der Waals surface area contributed by atoms with Crippen molar-refractivity contribution in [3.63, 3.8) is 0 Å². The molecule has 2 aromatic rings. The molecule has 0 aromatic heterocycles. The Morgan fingerprint density at radius 1 is 0.950 bits per heavy atom. The molecule has 6 heteroatoms. The molecule has 1 nitrogen and oxygen atoms in total. The summed E-state index contributed by atoms with van der Waals surface area (Å²) < 4.78 is 52.8. The van der Waals surface area contributed by atoms with Gasteiger partial charge in [-0.2, -0.15) is 0 Å². The second-order valence-corrected chi connectivity index (χ2v) is 4.45. The lowest BCUT2D eigenvalue weighted by atomic mass is 10.0. The van der Waals surface area contributed by atoms with E-state index in [0.717, 1.165) is 18.2 Å². The minimum atomic E-state index is -1.26. The molecule has 0 aliphatic heterocycles. The number of ketones is 1. The van der Waals surface area contributed by atoms with E-state index >= 15 is 0 Å². The number of benzene rings is 2. The summed E-state index contributed by atoms with van der Waals surface area (Å²) in [5.74, 6) is -5.05. The van der Waals surface area contributed by atoms with Crippen LogP contribution in [-0.4, -0.2) is 5.78 Å². The molecular formula is C14H7ClF4O. The van der Waals surface area contributed by atoms with Crippen LogP contribution in [0, 0.1) is 23.3 Å². The van der Waals surface area contributed by atoms with Crippen LogP contribution < -0.4 is 0 Å². The third-order valence-corrected chi connectivity index (χ3v) is 3.02. The van der Waals surface area contributed by atoms with Crippen molar-refractivity contribution in [2.24, 2.45) is 0 Å². The van der Waals surface area contributed by atoms with Gasteiger partial charge in [0.25, 0.3) is 0 Å². The molecule has 0 heterocycles. The third kappa shape index (κ3) is 2.82. The van der Waals surface area contributed by atoms with E-state index in [0.29, 0.717) is 12.1 Å². The van der Waals surface area contributed by atoms with Gasteiger partial charge in [-0.25, -0.2) is 17.6 Å². The molecule has 0 amide bonds. The third-order valence-electron chi connectivity index (χ3n) is 2.71. The quantitative estimate of drug-likeness (QED) is 0.469. The Labute approximate surface area is 116 Å². The summed E-state index contributed by atoms with van der Waals surface area (Å²) in [5.41, 5.74) is -0.772. The maximum Gasteiger partial charge on any atom is 0.169 e. The Morgan fingerprint density at radius 3 is 2.10 bits per heavy atom. The molecule has 0 radical (unpaired) electrons. The number of rotatable bonds is 3. The summed E-state index contributed by atoms with van der Waals surface area (Å²) in [6, 6.07) is 4.40. The second-order valence-electron chi connectivity index (χ2n) is 4.05. The Hall–Kier alpha value is -1.88. The summed E-state index contributed by atoms with van der Waals surface area (Å²) in [7, 11) is 0. The van der Waals surface area contributed by atoms with Crippen LogP contribution in [0.3, 0.4) is 0 Å². The van der Waals surface area contributed by atoms with Crippen molar-refractivity contribution in [1.29, 1.82) is 0 Å². The molecule has 2 aromatic carbocycles. The molecule has 0 aliphatic carbocycles. The van der Waals surface area contributed by atoms with Crippen molar-refractivity contribution in [2.75, 3.05) is 0 Å². The molecule has 20 heavy (non-hydrogen) atoms. The first-order valence-corrected chi connectivity index (χ1v) is 5.88. The standard InChI is InChI=1S/C14H7ClF4O/c15-9-6-13(19)12(18)4-7(9)14(20)5-8-10(16)2-1-3-11(8)17/h1-4,6H,5H2. The van der Waals surface area contributed by atoms with Crippen LogP contribution in [0.1, 0.15) is 15.9 Å². The Morgan fingerprint density at radius 2 is 1.50 bits per heavy atom. The zero-order chi connectivity index (χ0) is 14.9. The fourth-order valence-corrected chi connectivity index (χ4v) is 1.95. The number of hydrogen-bond donors (Lipinski definition) is 0. The number of Topliss-reactive ketones (excluding diaryl/α,β-unsaturated/α-hetero) is 1. The van der Waals surface area contributed by atoms with Gasteiger partial charge in [0, 0.05) is 17.5 Å². The maximum absolute atomic E-state index is 13.4. The molecule has 0 N–H and O–H groups in total. The van der Waals surface area contributed by atoms with Crippen LogP contribution in [0.4, 0.5) is 17.6 Å². The van der Waals surface area contributed by atoms with Gasteiger partial charge in [0.2, 0.25) is 0 Å². The SMILES string of the molecule is O=C(Cc1c(F)cccc1F)c1cc(F)c(F)cc1Cl. The fraction of sp³-hybridized carbons (Fsp3) is 0.0714. The molecule has 0 saturated carbocycles. The topological polar surface area (TPSA) is 17.1 Å². The number of halogens is 5. The highest BCUT2D eigenvalue weighted by Crippen LogP contribution is 2.23. The van der Waals surface area contributed by atoms with Crippen LogP contribution in [-0.2, 0) is 6.42 Å². The predicted molar refractivity (Wildman–Crippen MR) is 65.8 cm³/mol. The molecule has 0 fully saturated rings. The number of carbonyl (C=O) groups excluding carboxylic acids is 1. The van der Waals surface area contributed by atoms with Gasteiger partial charge in [0.15, 0.2) is 17.4 Å². The zero-order valence-corrected chi connectivity index (χ0v) is 10.6. The van der Waals surface area contributed by atoms with Gasteiger partial charge in [0.1, 0.15) is 11.6 Å². The van der Waals surface area contributed by atoms with Gasteiger partial charge in [-0.1, -0.05) is 17.7 Å². The van der Waals surface area contributed by atoms with E-state index in [2.05, 4.69) is 0 Å². The highest BCUT2D eigenvalue weighted by atomic mass is 35.5. The molecule has 0 aliphatic rings. The first kappa shape index (κ1) is 14.5. The van der Waals surface area contributed by atoms with Crippen molar-refractivity contribution >= 4 is 17.4 Å². The number of carbonyl (C=O) groups is 1. The van der Waals surface area contributed by atoms with E-state index in [9.17, 15) is 22.4 Å². The lowest BCUT2D eigenvalue weighted by Crippen LogP contribution is -2.09. The summed E-state index contributed by atoms with van der Waals surface area (Å²) in [6.45, 7) is 0. The monoisotopic (exact) mass is 302 g/mol. The zero-order valence-electron chi connectivity index (χ0n) is 9.89. The summed E-state index contributed by atoms with van der Waals surface area (Å²) >= 11 is 5.63. The summed E-state index contributed by atoms with van der Waals surface area (Å²) in [6.07, 6.45) is -0.636. The second kappa shape index (κ2) is 5.63. The molecular weight excluding hydrogens is 296 g/mol. The van der Waals surface area contributed by atoms with Gasteiger partial charge in [-0.05, 0) is 24.3 Å². The fourth-order valence-electron chi connectivity index (χ4n) is 1.69. The molecule has 0 bridgehead atoms. The normalized spacial score (nSPS) is 10.7. The maximum atomic E-state index is 13.4. The Kier molecular flexibility index (Phi) is 4.09. The van der Waals surface area contributed by atoms with E-state index in [1.165, 1.54) is 0 Å². The van der Waals surface area contributed by atoms with E-state index in [4.69, 9.17) is 11.6 Å². The van der Waals surface area contributed by atoms with Crippen LogP contribution in [0.2, 0.25) is 5.02 Å². The Balaban J connectivity index is 2.36. The van der Waals surface area contributed by atoms with Gasteiger partial charge in [-0.3, -0.25) is 4.79 Å². The smallest absolute Gasteiger partial charge is 0.169 e. The molecule has 104 valence electrons. The predicted octanol–water partition coefficient (Wildman–Crippen LogP) is 4.32. The van der Waals surface area contributed by atoms with Gasteiger partial charge < -0.3 is 0 Å². The van der Waals surface area contributed by atoms with Gasteiger partial charge >= 0.3 is 0 Å². The van der Waals surface area contributed by atoms with Crippen molar-refractivity contribution < 1.29 is 22.4 Å². The van der Waals surface area contributed by atoms with Crippen molar-refractivity contribution in [2.45, 2.75) is 6.42 Å². The summed E-state index contributed by atoms with van der Waals surface area (Å²) in [5, 5.41) is -0.314. The average Bonchev–Trinajstić information content (AvgIpc) is 2.38. The highest BCUT2D eigenvalue weighted by molar-refractivity contribution is 6.34. The summed E-state index contributed by atoms with van der Waals surface area (Å²) in [4.78, 5) is 11.9. The molecule has 0 spiro atoms.